The van der Waals surface area contributed by atoms with Crippen LogP contribution in [0.1, 0.15) is 5.56 Å². The summed E-state index contributed by atoms with van der Waals surface area (Å²) in [5, 5.41) is 12.4. The lowest BCUT2D eigenvalue weighted by atomic mass is 10.2. The number of nitrogens with zero attached hydrogens (tertiary/aromatic N) is 1. The van der Waals surface area contributed by atoms with E-state index in [4.69, 9.17) is 38.9 Å². The Morgan fingerprint density at radius 2 is 1.90 bits per heavy atom. The molecule has 0 aliphatic carbocycles. The number of rotatable bonds is 3. The molecule has 0 heterocycles. The third-order valence-electron chi connectivity index (χ3n) is 2.45. The maximum Gasteiger partial charge on any atom is 0.170 e. The van der Waals surface area contributed by atoms with Crippen molar-refractivity contribution in [3.8, 4) is 11.5 Å². The quantitative estimate of drug-likeness (QED) is 0.355. The number of benzene rings is 2. The molecule has 0 spiro atoms. The van der Waals surface area contributed by atoms with Gasteiger partial charge in [0.15, 0.2) is 5.84 Å². The largest absolute Gasteiger partial charge is 0.456 e. The van der Waals surface area contributed by atoms with Gasteiger partial charge in [0, 0.05) is 11.6 Å². The Kier molecular flexibility index (Phi) is 4.75. The van der Waals surface area contributed by atoms with E-state index in [1.165, 1.54) is 0 Å². The third kappa shape index (κ3) is 3.36. The summed E-state index contributed by atoms with van der Waals surface area (Å²) in [4.78, 5) is 0. The first-order valence-electron chi connectivity index (χ1n) is 5.41. The van der Waals surface area contributed by atoms with Crippen molar-refractivity contribution in [1.82, 2.24) is 0 Å². The van der Waals surface area contributed by atoms with Gasteiger partial charge in [-0.1, -0.05) is 28.4 Å². The second-order valence-corrected chi connectivity index (χ2v) is 5.48. The SMILES string of the molecule is N/C(=N/O)c1ccc(Oc2ccc(Cl)c(Cl)c2)c(Br)c1. The smallest absolute Gasteiger partial charge is 0.170 e. The van der Waals surface area contributed by atoms with Gasteiger partial charge in [-0.25, -0.2) is 0 Å². The number of oxime groups is 1. The van der Waals surface area contributed by atoms with Gasteiger partial charge in [0.05, 0.1) is 14.5 Å². The Bertz CT molecular complexity index is 677. The van der Waals surface area contributed by atoms with Crippen molar-refractivity contribution >= 4 is 45.0 Å². The van der Waals surface area contributed by atoms with Crippen molar-refractivity contribution in [2.45, 2.75) is 0 Å². The van der Waals surface area contributed by atoms with Crippen LogP contribution < -0.4 is 10.5 Å². The Balaban J connectivity index is 2.28. The molecule has 104 valence electrons. The Morgan fingerprint density at radius 1 is 1.15 bits per heavy atom. The highest BCUT2D eigenvalue weighted by molar-refractivity contribution is 9.10. The molecule has 2 rings (SSSR count). The molecule has 2 aromatic carbocycles. The Labute approximate surface area is 133 Å². The first-order valence-corrected chi connectivity index (χ1v) is 6.96. The van der Waals surface area contributed by atoms with E-state index in [1.807, 2.05) is 0 Å². The van der Waals surface area contributed by atoms with Crippen LogP contribution in [0.3, 0.4) is 0 Å². The van der Waals surface area contributed by atoms with E-state index in [-0.39, 0.29) is 5.84 Å². The van der Waals surface area contributed by atoms with Crippen LogP contribution in [0.25, 0.3) is 0 Å². The first kappa shape index (κ1) is 15.0. The maximum absolute atomic E-state index is 8.63. The van der Waals surface area contributed by atoms with Crippen molar-refractivity contribution in [3.63, 3.8) is 0 Å². The summed E-state index contributed by atoms with van der Waals surface area (Å²) in [6.45, 7) is 0. The molecule has 0 atom stereocenters. The van der Waals surface area contributed by atoms with Crippen molar-refractivity contribution in [2.75, 3.05) is 0 Å². The summed E-state index contributed by atoms with van der Waals surface area (Å²) in [7, 11) is 0. The van der Waals surface area contributed by atoms with Gasteiger partial charge in [-0.3, -0.25) is 0 Å². The molecule has 0 radical (unpaired) electrons. The fourth-order valence-corrected chi connectivity index (χ4v) is 2.22. The molecule has 0 aromatic heterocycles. The number of amidine groups is 1. The number of hydrogen-bond donors (Lipinski definition) is 2. The summed E-state index contributed by atoms with van der Waals surface area (Å²) in [5.74, 6) is 1.14. The highest BCUT2D eigenvalue weighted by Crippen LogP contribution is 2.33. The van der Waals surface area contributed by atoms with E-state index in [0.29, 0.717) is 31.6 Å². The third-order valence-corrected chi connectivity index (χ3v) is 3.81. The average Bonchev–Trinajstić information content (AvgIpc) is 2.44. The number of hydrogen-bond acceptors (Lipinski definition) is 3. The van der Waals surface area contributed by atoms with Gasteiger partial charge in [0.2, 0.25) is 0 Å². The zero-order chi connectivity index (χ0) is 14.7. The minimum Gasteiger partial charge on any atom is -0.456 e. The highest BCUT2D eigenvalue weighted by Gasteiger charge is 2.08. The van der Waals surface area contributed by atoms with Crippen LogP contribution in [0, 0.1) is 0 Å². The summed E-state index contributed by atoms with van der Waals surface area (Å²) in [5.41, 5.74) is 6.08. The second kappa shape index (κ2) is 6.35. The summed E-state index contributed by atoms with van der Waals surface area (Å²) in [6, 6.07) is 10.0. The molecule has 0 unspecified atom stereocenters. The lowest BCUT2D eigenvalue weighted by molar-refractivity contribution is 0.318. The van der Waals surface area contributed by atoms with Crippen LogP contribution in [-0.4, -0.2) is 11.0 Å². The molecular weight excluding hydrogens is 367 g/mol. The molecule has 3 N–H and O–H groups in total. The van der Waals surface area contributed by atoms with Crippen molar-refractivity contribution in [2.24, 2.45) is 10.9 Å². The van der Waals surface area contributed by atoms with Gasteiger partial charge in [-0.05, 0) is 46.3 Å². The van der Waals surface area contributed by atoms with Gasteiger partial charge < -0.3 is 15.7 Å². The molecule has 0 saturated carbocycles. The van der Waals surface area contributed by atoms with Gasteiger partial charge in [0.25, 0.3) is 0 Å². The maximum atomic E-state index is 8.63. The normalized spacial score (nSPS) is 11.4. The topological polar surface area (TPSA) is 67.8 Å². The van der Waals surface area contributed by atoms with Crippen LogP contribution in [0.5, 0.6) is 11.5 Å². The number of halogens is 3. The molecule has 0 aliphatic heterocycles. The lowest BCUT2D eigenvalue weighted by Crippen LogP contribution is -2.12. The lowest BCUT2D eigenvalue weighted by Gasteiger charge is -2.09. The Morgan fingerprint density at radius 3 is 2.50 bits per heavy atom. The van der Waals surface area contributed by atoms with E-state index < -0.39 is 0 Å². The van der Waals surface area contributed by atoms with Gasteiger partial charge in [-0.15, -0.1) is 0 Å². The molecule has 0 aliphatic rings. The van der Waals surface area contributed by atoms with E-state index >= 15 is 0 Å². The molecule has 20 heavy (non-hydrogen) atoms. The fourth-order valence-electron chi connectivity index (χ4n) is 1.47. The average molecular weight is 376 g/mol. The molecule has 2 aromatic rings. The van der Waals surface area contributed by atoms with Gasteiger partial charge in [-0.2, -0.15) is 0 Å². The molecule has 0 saturated heterocycles. The van der Waals surface area contributed by atoms with E-state index in [0.717, 1.165) is 0 Å². The fraction of sp³-hybridized carbons (Fsp3) is 0. The van der Waals surface area contributed by atoms with Crippen molar-refractivity contribution in [1.29, 1.82) is 0 Å². The second-order valence-electron chi connectivity index (χ2n) is 3.81. The van der Waals surface area contributed by atoms with Crippen LogP contribution in [0.2, 0.25) is 10.0 Å². The molecular formula is C13H9BrCl2N2O2. The molecule has 0 bridgehead atoms. The first-order chi connectivity index (χ1) is 9.51. The molecule has 0 fully saturated rings. The predicted molar refractivity (Wildman–Crippen MR) is 83.2 cm³/mol. The van der Waals surface area contributed by atoms with Crippen LogP contribution >= 0.6 is 39.1 Å². The molecule has 7 heteroatoms. The predicted octanol–water partition coefficient (Wildman–Crippen LogP) is 4.64. The van der Waals surface area contributed by atoms with Crippen LogP contribution in [0.15, 0.2) is 46.0 Å². The van der Waals surface area contributed by atoms with Gasteiger partial charge >= 0.3 is 0 Å². The monoisotopic (exact) mass is 374 g/mol. The van der Waals surface area contributed by atoms with Crippen molar-refractivity contribution in [3.05, 3.63) is 56.5 Å². The summed E-state index contributed by atoms with van der Waals surface area (Å²) < 4.78 is 6.34. The minimum absolute atomic E-state index is 0.0202. The zero-order valence-electron chi connectivity index (χ0n) is 9.98. The number of nitrogens with two attached hydrogens (primary N) is 1. The summed E-state index contributed by atoms with van der Waals surface area (Å²) >= 11 is 15.1. The van der Waals surface area contributed by atoms with E-state index in [9.17, 15) is 0 Å². The standard InChI is InChI=1S/C13H9BrCl2N2O2/c14-9-5-7(13(17)18-19)1-4-12(9)20-8-2-3-10(15)11(16)6-8/h1-6,19H,(H2,17,18). The minimum atomic E-state index is 0.0202. The Hall–Kier alpha value is -1.43. The van der Waals surface area contributed by atoms with E-state index in [1.54, 1.807) is 36.4 Å². The number of ether oxygens (including phenoxy) is 1. The zero-order valence-corrected chi connectivity index (χ0v) is 13.1. The molecule has 4 nitrogen and oxygen atoms in total. The van der Waals surface area contributed by atoms with E-state index in [2.05, 4.69) is 21.1 Å². The van der Waals surface area contributed by atoms with Crippen molar-refractivity contribution < 1.29 is 9.94 Å². The highest BCUT2D eigenvalue weighted by atomic mass is 79.9. The summed E-state index contributed by atoms with van der Waals surface area (Å²) in [6.07, 6.45) is 0. The van der Waals surface area contributed by atoms with Crippen LogP contribution in [-0.2, 0) is 0 Å². The molecule has 0 amide bonds. The van der Waals surface area contributed by atoms with Gasteiger partial charge in [0.1, 0.15) is 11.5 Å². The van der Waals surface area contributed by atoms with Crippen LogP contribution in [0.4, 0.5) is 0 Å².